The van der Waals surface area contributed by atoms with Crippen LogP contribution in [0, 0.1) is 18.8 Å². The van der Waals surface area contributed by atoms with E-state index in [2.05, 4.69) is 26.9 Å². The maximum atomic E-state index is 11.8. The van der Waals surface area contributed by atoms with Crippen molar-refractivity contribution in [2.24, 2.45) is 5.73 Å². The Balaban J connectivity index is 1.97. The highest BCUT2D eigenvalue weighted by Crippen LogP contribution is 2.20. The highest BCUT2D eigenvalue weighted by molar-refractivity contribution is 6.03. The number of fused-ring (bicyclic) bond motifs is 1. The minimum absolute atomic E-state index is 0.0868. The summed E-state index contributed by atoms with van der Waals surface area (Å²) >= 11 is 0. The molecular formula is C21H22N6O3. The Morgan fingerprint density at radius 2 is 2.20 bits per heavy atom. The van der Waals surface area contributed by atoms with Gasteiger partial charge in [-0.1, -0.05) is 17.9 Å². The molecular weight excluding hydrogens is 384 g/mol. The number of nitrogens with two attached hydrogens (primary N) is 1. The Labute approximate surface area is 173 Å². The first-order chi connectivity index (χ1) is 14.2. The van der Waals surface area contributed by atoms with Gasteiger partial charge in [-0.25, -0.2) is 14.6 Å². The zero-order chi connectivity index (χ0) is 21.9. The lowest BCUT2D eigenvalue weighted by molar-refractivity contribution is -0.117. The third-order valence-electron chi connectivity index (χ3n) is 4.48. The number of hydrogen-bond acceptors (Lipinski definition) is 6. The lowest BCUT2D eigenvalue weighted by atomic mass is 10.0. The molecule has 9 nitrogen and oxygen atoms in total. The van der Waals surface area contributed by atoms with Crippen LogP contribution in [-0.4, -0.2) is 61.3 Å². The van der Waals surface area contributed by atoms with Crippen LogP contribution in [-0.2, 0) is 4.79 Å². The summed E-state index contributed by atoms with van der Waals surface area (Å²) in [5.41, 5.74) is 6.03. The standard InChI is InChI=1S/C21H22N6O3/c1-14-23-12-17-18(19(22)29)25-27(20(17)24-14)16-6-4-5-15(11-16)7-8-21(2,30)9-10-26(3)13-28/h4-6,11-13,30H,9-10H2,1-3H3,(H2,22,29). The van der Waals surface area contributed by atoms with Crippen molar-refractivity contribution in [2.45, 2.75) is 25.9 Å². The third kappa shape index (κ3) is 4.61. The zero-order valence-corrected chi connectivity index (χ0v) is 17.0. The molecule has 0 spiro atoms. The fourth-order valence-electron chi connectivity index (χ4n) is 2.78. The normalized spacial score (nSPS) is 12.7. The molecule has 0 radical (unpaired) electrons. The Bertz CT molecular complexity index is 1170. The van der Waals surface area contributed by atoms with Crippen LogP contribution < -0.4 is 5.73 Å². The molecule has 0 bridgehead atoms. The average molecular weight is 406 g/mol. The van der Waals surface area contributed by atoms with E-state index < -0.39 is 11.5 Å². The molecule has 0 fully saturated rings. The SMILES string of the molecule is Cc1ncc2c(C(N)=O)nn(-c3cccc(C#CC(C)(O)CCN(C)C=O)c3)c2n1. The van der Waals surface area contributed by atoms with Crippen LogP contribution in [0.1, 0.15) is 35.2 Å². The Morgan fingerprint density at radius 3 is 2.90 bits per heavy atom. The van der Waals surface area contributed by atoms with Crippen molar-refractivity contribution in [3.63, 3.8) is 0 Å². The summed E-state index contributed by atoms with van der Waals surface area (Å²) < 4.78 is 1.52. The van der Waals surface area contributed by atoms with Crippen LogP contribution in [0.5, 0.6) is 0 Å². The second kappa shape index (κ2) is 8.31. The first-order valence-corrected chi connectivity index (χ1v) is 9.24. The molecule has 3 rings (SSSR count). The molecule has 9 heteroatoms. The summed E-state index contributed by atoms with van der Waals surface area (Å²) in [6.07, 6.45) is 2.54. The predicted octanol–water partition coefficient (Wildman–Crippen LogP) is 0.804. The van der Waals surface area contributed by atoms with Crippen molar-refractivity contribution in [3.05, 3.63) is 47.5 Å². The van der Waals surface area contributed by atoms with E-state index in [0.29, 0.717) is 47.5 Å². The number of hydrogen-bond donors (Lipinski definition) is 2. The first kappa shape index (κ1) is 21.0. The molecule has 1 atom stereocenters. The monoisotopic (exact) mass is 406 g/mol. The zero-order valence-electron chi connectivity index (χ0n) is 17.0. The largest absolute Gasteiger partial charge is 0.378 e. The summed E-state index contributed by atoms with van der Waals surface area (Å²) in [7, 11) is 1.64. The summed E-state index contributed by atoms with van der Waals surface area (Å²) in [6.45, 7) is 3.73. The lowest BCUT2D eigenvalue weighted by Gasteiger charge is -2.19. The van der Waals surface area contributed by atoms with Crippen LogP contribution in [0.25, 0.3) is 16.7 Å². The molecule has 3 aromatic rings. The summed E-state index contributed by atoms with van der Waals surface area (Å²) in [5.74, 6) is 5.66. The summed E-state index contributed by atoms with van der Waals surface area (Å²) in [4.78, 5) is 32.4. The smallest absolute Gasteiger partial charge is 0.269 e. The number of carbonyl (C=O) groups excluding carboxylic acids is 2. The molecule has 154 valence electrons. The molecule has 3 N–H and O–H groups in total. The number of carbonyl (C=O) groups is 2. The number of primary amides is 1. The molecule has 0 aliphatic heterocycles. The van der Waals surface area contributed by atoms with Crippen molar-refractivity contribution in [1.82, 2.24) is 24.6 Å². The maximum Gasteiger partial charge on any atom is 0.269 e. The molecule has 2 heterocycles. The summed E-state index contributed by atoms with van der Waals surface area (Å²) in [6, 6.07) is 7.16. The van der Waals surface area contributed by atoms with Crippen molar-refractivity contribution >= 4 is 23.4 Å². The van der Waals surface area contributed by atoms with E-state index in [1.54, 1.807) is 45.2 Å². The van der Waals surface area contributed by atoms with Gasteiger partial charge < -0.3 is 15.7 Å². The number of aryl methyl sites for hydroxylation is 1. The number of amides is 2. The highest BCUT2D eigenvalue weighted by atomic mass is 16.3. The fraction of sp³-hybridized carbons (Fsp3) is 0.286. The molecule has 0 aliphatic carbocycles. The van der Waals surface area contributed by atoms with Gasteiger partial charge in [-0.05, 0) is 32.0 Å². The van der Waals surface area contributed by atoms with Crippen LogP contribution in [0.4, 0.5) is 0 Å². The van der Waals surface area contributed by atoms with Gasteiger partial charge in [0.2, 0.25) is 6.41 Å². The minimum atomic E-state index is -1.25. The van der Waals surface area contributed by atoms with Crippen molar-refractivity contribution in [2.75, 3.05) is 13.6 Å². The van der Waals surface area contributed by atoms with Gasteiger partial charge in [-0.3, -0.25) is 9.59 Å². The van der Waals surface area contributed by atoms with E-state index in [0.717, 1.165) is 0 Å². The Kier molecular flexibility index (Phi) is 5.80. The van der Waals surface area contributed by atoms with Gasteiger partial charge in [0.15, 0.2) is 11.3 Å². The van der Waals surface area contributed by atoms with Crippen molar-refractivity contribution < 1.29 is 14.7 Å². The predicted molar refractivity (Wildman–Crippen MR) is 111 cm³/mol. The second-order valence-electron chi connectivity index (χ2n) is 7.19. The van der Waals surface area contributed by atoms with Gasteiger partial charge >= 0.3 is 0 Å². The van der Waals surface area contributed by atoms with Crippen molar-refractivity contribution in [3.8, 4) is 17.5 Å². The fourth-order valence-corrected chi connectivity index (χ4v) is 2.78. The van der Waals surface area contributed by atoms with Crippen molar-refractivity contribution in [1.29, 1.82) is 0 Å². The number of aliphatic hydroxyl groups is 1. The third-order valence-corrected chi connectivity index (χ3v) is 4.48. The molecule has 1 aromatic carbocycles. The van der Waals surface area contributed by atoms with Gasteiger partial charge in [0.1, 0.15) is 11.4 Å². The molecule has 0 saturated heterocycles. The van der Waals surface area contributed by atoms with Crippen LogP contribution in [0.3, 0.4) is 0 Å². The lowest BCUT2D eigenvalue weighted by Crippen LogP contribution is -2.29. The van der Waals surface area contributed by atoms with E-state index in [-0.39, 0.29) is 5.69 Å². The second-order valence-corrected chi connectivity index (χ2v) is 7.19. The number of benzene rings is 1. The first-order valence-electron chi connectivity index (χ1n) is 9.24. The van der Waals surface area contributed by atoms with E-state index in [9.17, 15) is 14.7 Å². The molecule has 2 aromatic heterocycles. The van der Waals surface area contributed by atoms with E-state index in [4.69, 9.17) is 5.73 Å². The number of aromatic nitrogens is 4. The van der Waals surface area contributed by atoms with Crippen LogP contribution in [0.15, 0.2) is 30.5 Å². The number of rotatable bonds is 6. The van der Waals surface area contributed by atoms with Gasteiger partial charge in [-0.15, -0.1) is 0 Å². The van der Waals surface area contributed by atoms with E-state index in [1.807, 2.05) is 0 Å². The topological polar surface area (TPSA) is 127 Å². The summed E-state index contributed by atoms with van der Waals surface area (Å²) in [5, 5.41) is 15.2. The van der Waals surface area contributed by atoms with Gasteiger partial charge in [0.25, 0.3) is 5.91 Å². The van der Waals surface area contributed by atoms with Crippen LogP contribution in [0.2, 0.25) is 0 Å². The molecule has 0 aliphatic rings. The van der Waals surface area contributed by atoms with E-state index in [1.165, 1.54) is 15.8 Å². The maximum absolute atomic E-state index is 11.8. The number of nitrogens with zero attached hydrogens (tertiary/aromatic N) is 5. The van der Waals surface area contributed by atoms with Gasteiger partial charge in [0.05, 0.1) is 11.1 Å². The molecule has 2 amide bonds. The minimum Gasteiger partial charge on any atom is -0.378 e. The highest BCUT2D eigenvalue weighted by Gasteiger charge is 2.19. The quantitative estimate of drug-likeness (QED) is 0.461. The van der Waals surface area contributed by atoms with Gasteiger partial charge in [-0.2, -0.15) is 5.10 Å². The molecule has 30 heavy (non-hydrogen) atoms. The Morgan fingerprint density at radius 1 is 1.43 bits per heavy atom. The molecule has 0 saturated carbocycles. The Hall–Kier alpha value is -3.77. The molecule has 1 unspecified atom stereocenters. The average Bonchev–Trinajstić information content (AvgIpc) is 3.10. The van der Waals surface area contributed by atoms with Gasteiger partial charge in [0, 0.05) is 31.8 Å². The van der Waals surface area contributed by atoms with E-state index >= 15 is 0 Å². The van der Waals surface area contributed by atoms with Crippen LogP contribution >= 0.6 is 0 Å².